The number of aromatic nitrogens is 1. The lowest BCUT2D eigenvalue weighted by Crippen LogP contribution is -2.40. The summed E-state index contributed by atoms with van der Waals surface area (Å²) in [5, 5.41) is 11.9. The van der Waals surface area contributed by atoms with E-state index in [-0.39, 0.29) is 12.6 Å². The van der Waals surface area contributed by atoms with Gasteiger partial charge in [0, 0.05) is 12.4 Å². The van der Waals surface area contributed by atoms with Gasteiger partial charge in [0.15, 0.2) is 5.13 Å². The predicted molar refractivity (Wildman–Crippen MR) is 61.0 cm³/mol. The molecule has 1 aromatic rings. The molecule has 1 aliphatic rings. The highest BCUT2D eigenvalue weighted by atomic mass is 32.1. The molecule has 2 rings (SSSR count). The van der Waals surface area contributed by atoms with Gasteiger partial charge >= 0.3 is 5.97 Å². The van der Waals surface area contributed by atoms with Crippen molar-refractivity contribution in [1.29, 1.82) is 0 Å². The van der Waals surface area contributed by atoms with Crippen molar-refractivity contribution in [2.24, 2.45) is 5.92 Å². The minimum atomic E-state index is -0.803. The van der Waals surface area contributed by atoms with E-state index in [2.05, 4.69) is 4.98 Å². The van der Waals surface area contributed by atoms with Crippen LogP contribution in [0.1, 0.15) is 5.69 Å². The summed E-state index contributed by atoms with van der Waals surface area (Å²) in [4.78, 5) is 17.3. The lowest BCUT2D eigenvalue weighted by Gasteiger charge is -2.25. The van der Waals surface area contributed by atoms with Gasteiger partial charge in [0.25, 0.3) is 0 Å². The summed E-state index contributed by atoms with van der Waals surface area (Å²) in [5.74, 6) is -1.27. The molecule has 1 N–H and O–H groups in total. The fourth-order valence-electron chi connectivity index (χ4n) is 1.81. The molecular formula is C10H14N2O3S. The number of ether oxygens (including phenoxy) is 1. The monoisotopic (exact) mass is 242 g/mol. The number of thiazole rings is 1. The number of rotatable bonds is 3. The molecule has 2 atom stereocenters. The van der Waals surface area contributed by atoms with E-state index in [0.717, 1.165) is 10.8 Å². The highest BCUT2D eigenvalue weighted by Crippen LogP contribution is 2.26. The van der Waals surface area contributed by atoms with Crippen molar-refractivity contribution in [3.05, 3.63) is 11.1 Å². The summed E-state index contributed by atoms with van der Waals surface area (Å²) in [6.45, 7) is 2.66. The van der Waals surface area contributed by atoms with Gasteiger partial charge < -0.3 is 14.7 Å². The number of carboxylic acid groups (broad SMARTS) is 1. The van der Waals surface area contributed by atoms with E-state index in [1.165, 1.54) is 11.3 Å². The van der Waals surface area contributed by atoms with E-state index in [0.29, 0.717) is 6.61 Å². The van der Waals surface area contributed by atoms with Gasteiger partial charge in [-0.15, -0.1) is 11.3 Å². The van der Waals surface area contributed by atoms with Gasteiger partial charge in [0.05, 0.1) is 24.9 Å². The molecule has 6 heteroatoms. The van der Waals surface area contributed by atoms with Crippen molar-refractivity contribution >= 4 is 22.4 Å². The Labute approximate surface area is 97.7 Å². The van der Waals surface area contributed by atoms with Crippen molar-refractivity contribution in [2.75, 3.05) is 25.2 Å². The number of aliphatic carboxylic acids is 1. The number of likely N-dealkylation sites (N-methyl/N-ethyl adjacent to an activating group) is 1. The number of hydrogen-bond acceptors (Lipinski definition) is 5. The maximum Gasteiger partial charge on any atom is 0.311 e. The number of hydrogen-bond donors (Lipinski definition) is 1. The molecule has 88 valence electrons. The van der Waals surface area contributed by atoms with Crippen LogP contribution < -0.4 is 4.90 Å². The molecule has 2 heterocycles. The van der Waals surface area contributed by atoms with Crippen LogP contribution in [0.5, 0.6) is 0 Å². The first-order valence-electron chi connectivity index (χ1n) is 5.05. The standard InChI is InChI=1S/C10H14N2O3S/c1-6-5-16-10(11-6)12(2)8-4-15-3-7(8)9(13)14/h5,7-8H,3-4H2,1-2H3,(H,13,14). The van der Waals surface area contributed by atoms with Crippen LogP contribution in [-0.2, 0) is 9.53 Å². The first-order chi connectivity index (χ1) is 7.59. The first-order valence-corrected chi connectivity index (χ1v) is 5.93. The van der Waals surface area contributed by atoms with Crippen molar-refractivity contribution in [3.8, 4) is 0 Å². The molecule has 5 nitrogen and oxygen atoms in total. The molecule has 0 aromatic carbocycles. The Balaban J connectivity index is 2.15. The normalized spacial score (nSPS) is 24.6. The van der Waals surface area contributed by atoms with Crippen LogP contribution in [0.3, 0.4) is 0 Å². The van der Waals surface area contributed by atoms with E-state index in [1.54, 1.807) is 0 Å². The van der Waals surface area contributed by atoms with E-state index in [1.807, 2.05) is 24.3 Å². The molecule has 2 unspecified atom stereocenters. The maximum absolute atomic E-state index is 11.0. The molecule has 16 heavy (non-hydrogen) atoms. The van der Waals surface area contributed by atoms with Gasteiger partial charge in [-0.05, 0) is 6.92 Å². The van der Waals surface area contributed by atoms with Gasteiger partial charge in [0.2, 0.25) is 0 Å². The van der Waals surface area contributed by atoms with Crippen molar-refractivity contribution in [1.82, 2.24) is 4.98 Å². The average Bonchev–Trinajstić information content (AvgIpc) is 2.84. The largest absolute Gasteiger partial charge is 0.481 e. The molecule has 0 radical (unpaired) electrons. The predicted octanol–water partition coefficient (Wildman–Crippen LogP) is 0.987. The summed E-state index contributed by atoms with van der Waals surface area (Å²) in [5.41, 5.74) is 0.956. The molecule has 0 aliphatic carbocycles. The molecule has 1 saturated heterocycles. The maximum atomic E-state index is 11.0. The summed E-state index contributed by atoms with van der Waals surface area (Å²) >= 11 is 1.52. The average molecular weight is 242 g/mol. The van der Waals surface area contributed by atoms with E-state index in [4.69, 9.17) is 9.84 Å². The fraction of sp³-hybridized carbons (Fsp3) is 0.600. The van der Waals surface area contributed by atoms with Crippen LogP contribution in [0, 0.1) is 12.8 Å². The number of nitrogens with zero attached hydrogens (tertiary/aromatic N) is 2. The number of anilines is 1. The van der Waals surface area contributed by atoms with Gasteiger partial charge in [-0.1, -0.05) is 0 Å². The SMILES string of the molecule is Cc1csc(N(C)C2COCC2C(=O)O)n1. The Hall–Kier alpha value is -1.14. The Morgan fingerprint density at radius 3 is 3.00 bits per heavy atom. The highest BCUT2D eigenvalue weighted by Gasteiger charge is 2.37. The van der Waals surface area contributed by atoms with Crippen molar-refractivity contribution in [2.45, 2.75) is 13.0 Å². The Morgan fingerprint density at radius 2 is 2.44 bits per heavy atom. The molecule has 1 fully saturated rings. The highest BCUT2D eigenvalue weighted by molar-refractivity contribution is 7.13. The molecule has 0 amide bonds. The summed E-state index contributed by atoms with van der Waals surface area (Å²) in [6.07, 6.45) is 0. The third-order valence-corrected chi connectivity index (χ3v) is 3.82. The third kappa shape index (κ3) is 2.03. The second-order valence-corrected chi connectivity index (χ2v) is 4.77. The molecule has 0 saturated carbocycles. The van der Waals surface area contributed by atoms with E-state index >= 15 is 0 Å². The van der Waals surface area contributed by atoms with Gasteiger partial charge in [-0.25, -0.2) is 4.98 Å². The van der Waals surface area contributed by atoms with Crippen LogP contribution in [-0.4, -0.2) is 42.4 Å². The Morgan fingerprint density at radius 1 is 1.69 bits per heavy atom. The molecule has 1 aliphatic heterocycles. The fourth-order valence-corrected chi connectivity index (χ4v) is 2.63. The zero-order chi connectivity index (χ0) is 11.7. The van der Waals surface area contributed by atoms with E-state index < -0.39 is 11.9 Å². The van der Waals surface area contributed by atoms with E-state index in [9.17, 15) is 4.79 Å². The minimum absolute atomic E-state index is 0.122. The van der Waals surface area contributed by atoms with Crippen LogP contribution in [0.4, 0.5) is 5.13 Å². The smallest absolute Gasteiger partial charge is 0.311 e. The second kappa shape index (κ2) is 4.39. The van der Waals surface area contributed by atoms with Crippen LogP contribution in [0.15, 0.2) is 5.38 Å². The second-order valence-electron chi connectivity index (χ2n) is 3.93. The Bertz CT molecular complexity index is 393. The lowest BCUT2D eigenvalue weighted by molar-refractivity contribution is -0.141. The van der Waals surface area contributed by atoms with Crippen molar-refractivity contribution < 1.29 is 14.6 Å². The van der Waals surface area contributed by atoms with Crippen LogP contribution >= 0.6 is 11.3 Å². The minimum Gasteiger partial charge on any atom is -0.481 e. The number of aryl methyl sites for hydroxylation is 1. The molecule has 1 aromatic heterocycles. The van der Waals surface area contributed by atoms with Crippen LogP contribution in [0.25, 0.3) is 0 Å². The summed E-state index contributed by atoms with van der Waals surface area (Å²) in [6, 6.07) is -0.122. The van der Waals surface area contributed by atoms with Gasteiger partial charge in [-0.3, -0.25) is 4.79 Å². The van der Waals surface area contributed by atoms with Crippen molar-refractivity contribution in [3.63, 3.8) is 0 Å². The van der Waals surface area contributed by atoms with Gasteiger partial charge in [-0.2, -0.15) is 0 Å². The quantitative estimate of drug-likeness (QED) is 0.856. The Kier molecular flexibility index (Phi) is 3.11. The number of carbonyl (C=O) groups is 1. The zero-order valence-electron chi connectivity index (χ0n) is 9.21. The lowest BCUT2D eigenvalue weighted by atomic mass is 10.0. The van der Waals surface area contributed by atoms with Gasteiger partial charge in [0.1, 0.15) is 5.92 Å². The molecule has 0 spiro atoms. The zero-order valence-corrected chi connectivity index (χ0v) is 10.0. The molecular weight excluding hydrogens is 228 g/mol. The summed E-state index contributed by atoms with van der Waals surface area (Å²) < 4.78 is 5.23. The van der Waals surface area contributed by atoms with Crippen LogP contribution in [0.2, 0.25) is 0 Å². The first kappa shape index (κ1) is 11.3. The number of carboxylic acids is 1. The topological polar surface area (TPSA) is 62.7 Å². The molecule has 0 bridgehead atoms. The third-order valence-electron chi connectivity index (χ3n) is 2.77. The summed E-state index contributed by atoms with van der Waals surface area (Å²) in [7, 11) is 1.87.